The first-order valence-electron chi connectivity index (χ1n) is 6.16. The quantitative estimate of drug-likeness (QED) is 0.473. The lowest BCUT2D eigenvalue weighted by molar-refractivity contribution is -0.137. The molecule has 0 aliphatic heterocycles. The number of carbonyl (C=O) groups excluding carboxylic acids is 1. The van der Waals surface area contributed by atoms with Crippen LogP contribution >= 0.6 is 0 Å². The highest BCUT2D eigenvalue weighted by molar-refractivity contribution is 5.86. The zero-order valence-corrected chi connectivity index (χ0v) is 11.4. The second kappa shape index (κ2) is 4.88. The molecule has 0 aliphatic rings. The Bertz CT molecular complexity index is 695. The SMILES string of the molecule is Cc1cc(=O)oc2c(C)c(OC(=O)C(C)C)ccc12. The van der Waals surface area contributed by atoms with Crippen molar-refractivity contribution in [3.63, 3.8) is 0 Å². The molecule has 2 aromatic rings. The maximum atomic E-state index is 11.6. The lowest BCUT2D eigenvalue weighted by Crippen LogP contribution is -2.15. The number of esters is 1. The highest BCUT2D eigenvalue weighted by atomic mass is 16.5. The molecule has 19 heavy (non-hydrogen) atoms. The number of ether oxygens (including phenoxy) is 1. The summed E-state index contributed by atoms with van der Waals surface area (Å²) in [5, 5.41) is 0.849. The first-order valence-corrected chi connectivity index (χ1v) is 6.16. The largest absolute Gasteiger partial charge is 0.426 e. The van der Waals surface area contributed by atoms with Crippen LogP contribution in [0.4, 0.5) is 0 Å². The zero-order chi connectivity index (χ0) is 14.2. The van der Waals surface area contributed by atoms with Crippen molar-refractivity contribution >= 4 is 16.9 Å². The first kappa shape index (κ1) is 13.3. The third-order valence-electron chi connectivity index (χ3n) is 3.00. The lowest BCUT2D eigenvalue weighted by Gasteiger charge is -2.11. The van der Waals surface area contributed by atoms with Crippen LogP contribution in [0.3, 0.4) is 0 Å². The van der Waals surface area contributed by atoms with Crippen molar-refractivity contribution in [1.29, 1.82) is 0 Å². The van der Waals surface area contributed by atoms with Gasteiger partial charge in [-0.1, -0.05) is 13.8 Å². The van der Waals surface area contributed by atoms with Gasteiger partial charge in [0.05, 0.1) is 5.92 Å². The second-order valence-electron chi connectivity index (χ2n) is 4.89. The van der Waals surface area contributed by atoms with Crippen molar-refractivity contribution in [3.05, 3.63) is 39.7 Å². The van der Waals surface area contributed by atoms with Crippen LogP contribution in [0, 0.1) is 19.8 Å². The number of fused-ring (bicyclic) bond motifs is 1. The zero-order valence-electron chi connectivity index (χ0n) is 11.4. The molecule has 1 aromatic heterocycles. The summed E-state index contributed by atoms with van der Waals surface area (Å²) in [5.74, 6) is -0.0861. The van der Waals surface area contributed by atoms with E-state index in [0.29, 0.717) is 16.9 Å². The lowest BCUT2D eigenvalue weighted by atomic mass is 10.1. The fourth-order valence-electron chi connectivity index (χ4n) is 1.84. The van der Waals surface area contributed by atoms with Gasteiger partial charge < -0.3 is 9.15 Å². The normalized spacial score (nSPS) is 11.0. The molecule has 0 saturated carbocycles. The van der Waals surface area contributed by atoms with Gasteiger partial charge in [0.25, 0.3) is 0 Å². The van der Waals surface area contributed by atoms with Gasteiger partial charge >= 0.3 is 11.6 Å². The molecule has 0 radical (unpaired) electrons. The number of rotatable bonds is 2. The maximum absolute atomic E-state index is 11.6. The Labute approximate surface area is 111 Å². The minimum atomic E-state index is -0.402. The highest BCUT2D eigenvalue weighted by Crippen LogP contribution is 2.28. The van der Waals surface area contributed by atoms with Crippen molar-refractivity contribution in [2.75, 3.05) is 0 Å². The molecule has 0 amide bonds. The van der Waals surface area contributed by atoms with E-state index in [-0.39, 0.29) is 11.9 Å². The predicted molar refractivity (Wildman–Crippen MR) is 72.4 cm³/mol. The Hall–Kier alpha value is -2.10. The Morgan fingerprint density at radius 2 is 1.95 bits per heavy atom. The average molecular weight is 260 g/mol. The van der Waals surface area contributed by atoms with Crippen LogP contribution in [0.1, 0.15) is 25.0 Å². The summed E-state index contributed by atoms with van der Waals surface area (Å²) in [5.41, 5.74) is 1.57. The van der Waals surface area contributed by atoms with Gasteiger partial charge in [-0.15, -0.1) is 0 Å². The predicted octanol–water partition coefficient (Wildman–Crippen LogP) is 2.97. The second-order valence-corrected chi connectivity index (χ2v) is 4.89. The van der Waals surface area contributed by atoms with E-state index in [2.05, 4.69) is 0 Å². The molecule has 0 spiro atoms. The molecular formula is C15H16O4. The van der Waals surface area contributed by atoms with Crippen LogP contribution in [0.15, 0.2) is 27.4 Å². The molecule has 0 bridgehead atoms. The van der Waals surface area contributed by atoms with Crippen molar-refractivity contribution in [2.24, 2.45) is 5.92 Å². The summed E-state index contributed by atoms with van der Waals surface area (Å²) < 4.78 is 10.5. The monoisotopic (exact) mass is 260 g/mol. The van der Waals surface area contributed by atoms with Gasteiger partial charge in [0.15, 0.2) is 0 Å². The third kappa shape index (κ3) is 2.52. The Morgan fingerprint density at radius 1 is 1.26 bits per heavy atom. The molecule has 1 aromatic carbocycles. The van der Waals surface area contributed by atoms with Crippen LogP contribution in [0.5, 0.6) is 5.75 Å². The summed E-state index contributed by atoms with van der Waals surface area (Å²) in [6.07, 6.45) is 0. The van der Waals surface area contributed by atoms with Gasteiger partial charge in [0.2, 0.25) is 0 Å². The molecule has 0 aliphatic carbocycles. The summed E-state index contributed by atoms with van der Waals surface area (Å²) in [6.45, 7) is 7.15. The first-order chi connectivity index (χ1) is 8.90. The molecular weight excluding hydrogens is 244 g/mol. The molecule has 4 nitrogen and oxygen atoms in total. The molecule has 100 valence electrons. The van der Waals surface area contributed by atoms with E-state index in [1.807, 2.05) is 6.92 Å². The fraction of sp³-hybridized carbons (Fsp3) is 0.333. The van der Waals surface area contributed by atoms with Gasteiger partial charge in [-0.25, -0.2) is 4.79 Å². The van der Waals surface area contributed by atoms with E-state index < -0.39 is 5.63 Å². The third-order valence-corrected chi connectivity index (χ3v) is 3.00. The Kier molecular flexibility index (Phi) is 3.42. The van der Waals surface area contributed by atoms with Crippen molar-refractivity contribution in [1.82, 2.24) is 0 Å². The summed E-state index contributed by atoms with van der Waals surface area (Å²) in [4.78, 5) is 23.0. The number of hydrogen-bond donors (Lipinski definition) is 0. The van der Waals surface area contributed by atoms with E-state index >= 15 is 0 Å². The number of hydrogen-bond acceptors (Lipinski definition) is 4. The Morgan fingerprint density at radius 3 is 2.58 bits per heavy atom. The van der Waals surface area contributed by atoms with E-state index in [0.717, 1.165) is 10.9 Å². The maximum Gasteiger partial charge on any atom is 0.336 e. The number of benzene rings is 1. The average Bonchev–Trinajstić information content (AvgIpc) is 2.33. The van der Waals surface area contributed by atoms with Gasteiger partial charge in [0, 0.05) is 17.0 Å². The van der Waals surface area contributed by atoms with E-state index in [4.69, 9.17) is 9.15 Å². The summed E-state index contributed by atoms with van der Waals surface area (Å²) >= 11 is 0. The molecule has 1 heterocycles. The van der Waals surface area contributed by atoms with Crippen LogP contribution in [0.25, 0.3) is 11.0 Å². The van der Waals surface area contributed by atoms with E-state index in [1.165, 1.54) is 6.07 Å². The van der Waals surface area contributed by atoms with Gasteiger partial charge in [-0.05, 0) is 31.5 Å². The van der Waals surface area contributed by atoms with Crippen LogP contribution < -0.4 is 10.4 Å². The number of aryl methyl sites for hydroxylation is 2. The van der Waals surface area contributed by atoms with Crippen LogP contribution in [0.2, 0.25) is 0 Å². The Balaban J connectivity index is 2.57. The summed E-state index contributed by atoms with van der Waals surface area (Å²) in [7, 11) is 0. The highest BCUT2D eigenvalue weighted by Gasteiger charge is 2.14. The standard InChI is InChI=1S/C15H16O4/c1-8(2)15(17)18-12-6-5-11-9(3)7-13(16)19-14(11)10(12)4/h5-8H,1-4H3. The minimum Gasteiger partial charge on any atom is -0.426 e. The van der Waals surface area contributed by atoms with Gasteiger partial charge in [0.1, 0.15) is 11.3 Å². The summed E-state index contributed by atoms with van der Waals surface area (Å²) in [6, 6.07) is 4.97. The molecule has 0 fully saturated rings. The molecule has 0 unspecified atom stereocenters. The van der Waals surface area contributed by atoms with Gasteiger partial charge in [-0.2, -0.15) is 0 Å². The van der Waals surface area contributed by atoms with Crippen LogP contribution in [-0.2, 0) is 4.79 Å². The van der Waals surface area contributed by atoms with Crippen LogP contribution in [-0.4, -0.2) is 5.97 Å². The topological polar surface area (TPSA) is 56.5 Å². The smallest absolute Gasteiger partial charge is 0.336 e. The molecule has 0 atom stereocenters. The van der Waals surface area contributed by atoms with Crippen molar-refractivity contribution < 1.29 is 13.9 Å². The molecule has 0 saturated heterocycles. The fourth-order valence-corrected chi connectivity index (χ4v) is 1.84. The van der Waals surface area contributed by atoms with Gasteiger partial charge in [-0.3, -0.25) is 4.79 Å². The molecule has 0 N–H and O–H groups in total. The number of carbonyl (C=O) groups is 1. The van der Waals surface area contributed by atoms with Crippen molar-refractivity contribution in [3.8, 4) is 5.75 Å². The minimum absolute atomic E-state index is 0.209. The van der Waals surface area contributed by atoms with E-state index in [9.17, 15) is 9.59 Å². The molecule has 2 rings (SSSR count). The van der Waals surface area contributed by atoms with Crippen molar-refractivity contribution in [2.45, 2.75) is 27.7 Å². The van der Waals surface area contributed by atoms with E-state index in [1.54, 1.807) is 32.9 Å². The molecule has 4 heteroatoms.